The van der Waals surface area contributed by atoms with Crippen molar-refractivity contribution in [3.8, 4) is 11.5 Å². The molecule has 0 radical (unpaired) electrons. The molecule has 1 aliphatic rings. The Kier molecular flexibility index (Phi) is 6.61. The molecule has 5 nitrogen and oxygen atoms in total. The second-order valence-electron chi connectivity index (χ2n) is 7.50. The third-order valence-corrected chi connectivity index (χ3v) is 6.12. The number of anilines is 1. The van der Waals surface area contributed by atoms with E-state index in [2.05, 4.69) is 15.9 Å². The predicted octanol–water partition coefficient (Wildman–Crippen LogP) is 5.28. The first kappa shape index (κ1) is 22.1. The van der Waals surface area contributed by atoms with Gasteiger partial charge < -0.3 is 14.4 Å². The zero-order chi connectivity index (χ0) is 22.7. The van der Waals surface area contributed by atoms with E-state index in [9.17, 15) is 4.79 Å². The normalized spacial score (nSPS) is 15.6. The molecule has 0 aliphatic carbocycles. The quantitative estimate of drug-likeness (QED) is 0.470. The Bertz CT molecular complexity index is 1140. The molecule has 0 bridgehead atoms. The highest BCUT2D eigenvalue weighted by Gasteiger charge is 2.32. The summed E-state index contributed by atoms with van der Waals surface area (Å²) < 4.78 is 12.1. The van der Waals surface area contributed by atoms with Crippen LogP contribution in [0.2, 0.25) is 0 Å². The van der Waals surface area contributed by atoms with Crippen molar-refractivity contribution in [3.63, 3.8) is 0 Å². The molecule has 6 heteroatoms. The minimum absolute atomic E-state index is 0.0326. The summed E-state index contributed by atoms with van der Waals surface area (Å²) in [5, 5.41) is 0. The van der Waals surface area contributed by atoms with E-state index in [0.29, 0.717) is 24.5 Å². The lowest BCUT2D eigenvalue weighted by molar-refractivity contribution is -0.119. The van der Waals surface area contributed by atoms with Crippen LogP contribution >= 0.6 is 15.9 Å². The Morgan fingerprint density at radius 1 is 0.969 bits per heavy atom. The summed E-state index contributed by atoms with van der Waals surface area (Å²) in [5.41, 5.74) is 4.40. The summed E-state index contributed by atoms with van der Waals surface area (Å²) in [6.45, 7) is 2.50. The van der Waals surface area contributed by atoms with E-state index in [-0.39, 0.29) is 5.91 Å². The topological polar surface area (TPSA) is 51.1 Å². The maximum Gasteiger partial charge on any atom is 0.252 e. The molecule has 0 saturated carbocycles. The molecule has 32 heavy (non-hydrogen) atoms. The average molecular weight is 493 g/mol. The van der Waals surface area contributed by atoms with Crippen LogP contribution in [0.15, 0.2) is 76.2 Å². The van der Waals surface area contributed by atoms with Crippen LogP contribution in [0.25, 0.3) is 0 Å². The van der Waals surface area contributed by atoms with Crippen molar-refractivity contribution >= 4 is 33.2 Å². The van der Waals surface area contributed by atoms with Gasteiger partial charge in [0.1, 0.15) is 6.04 Å². The van der Waals surface area contributed by atoms with Crippen molar-refractivity contribution in [2.45, 2.75) is 19.4 Å². The van der Waals surface area contributed by atoms with E-state index in [1.165, 1.54) is 0 Å². The zero-order valence-electron chi connectivity index (χ0n) is 18.3. The zero-order valence-corrected chi connectivity index (χ0v) is 19.9. The van der Waals surface area contributed by atoms with E-state index in [1.54, 1.807) is 19.1 Å². The summed E-state index contributed by atoms with van der Waals surface area (Å²) in [6, 6.07) is 21.2. The maximum absolute atomic E-state index is 13.7. The van der Waals surface area contributed by atoms with E-state index < -0.39 is 6.04 Å². The lowest BCUT2D eigenvalue weighted by Gasteiger charge is -2.25. The van der Waals surface area contributed by atoms with Crippen LogP contribution < -0.4 is 14.4 Å². The van der Waals surface area contributed by atoms with E-state index >= 15 is 0 Å². The number of hydrogen-bond donors (Lipinski definition) is 0. The van der Waals surface area contributed by atoms with Gasteiger partial charge in [0.25, 0.3) is 5.91 Å². The van der Waals surface area contributed by atoms with Gasteiger partial charge in [0.2, 0.25) is 0 Å². The number of amides is 1. The van der Waals surface area contributed by atoms with Crippen LogP contribution in [0.5, 0.6) is 11.5 Å². The second kappa shape index (κ2) is 9.57. The number of methoxy groups -OCH3 is 2. The van der Waals surface area contributed by atoms with Crippen LogP contribution in [0, 0.1) is 0 Å². The largest absolute Gasteiger partial charge is 0.493 e. The molecule has 0 aromatic heterocycles. The van der Waals surface area contributed by atoms with Gasteiger partial charge in [-0.25, -0.2) is 0 Å². The number of benzodiazepines with no additional fused rings is 1. The third-order valence-electron chi connectivity index (χ3n) is 5.59. The third kappa shape index (κ3) is 4.28. The number of hydrogen-bond acceptors (Lipinski definition) is 4. The number of halogens is 1. The molecular formula is C26H25BrN2O3. The SMILES string of the molecule is CCN1C(=O)C(Cc2ccc(Br)cc2)N=C(c2ccccc2)c2cc(OC)c(OC)cc21. The van der Waals surface area contributed by atoms with Crippen LogP contribution in [0.4, 0.5) is 5.69 Å². The van der Waals surface area contributed by atoms with Gasteiger partial charge in [-0.2, -0.15) is 0 Å². The number of nitrogens with zero attached hydrogens (tertiary/aromatic N) is 2. The van der Waals surface area contributed by atoms with Gasteiger partial charge in [0, 0.05) is 34.6 Å². The molecular weight excluding hydrogens is 468 g/mol. The molecule has 1 heterocycles. The van der Waals surface area contributed by atoms with Gasteiger partial charge in [-0.15, -0.1) is 0 Å². The lowest BCUT2D eigenvalue weighted by atomic mass is 9.99. The molecule has 1 atom stereocenters. The summed E-state index contributed by atoms with van der Waals surface area (Å²) in [5.74, 6) is 1.15. The molecule has 0 N–H and O–H groups in total. The lowest BCUT2D eigenvalue weighted by Crippen LogP contribution is -2.38. The van der Waals surface area contributed by atoms with Crippen LogP contribution in [-0.4, -0.2) is 38.4 Å². The van der Waals surface area contributed by atoms with Crippen molar-refractivity contribution in [1.29, 1.82) is 0 Å². The summed E-state index contributed by atoms with van der Waals surface area (Å²) in [4.78, 5) is 20.5. The maximum atomic E-state index is 13.7. The minimum Gasteiger partial charge on any atom is -0.493 e. The number of aliphatic imine (C=N–C) groups is 1. The van der Waals surface area contributed by atoms with Crippen LogP contribution in [0.1, 0.15) is 23.6 Å². The van der Waals surface area contributed by atoms with Crippen LogP contribution in [0.3, 0.4) is 0 Å². The monoisotopic (exact) mass is 492 g/mol. The summed E-state index contributed by atoms with van der Waals surface area (Å²) in [7, 11) is 3.21. The van der Waals surface area contributed by atoms with Crippen LogP contribution in [-0.2, 0) is 11.2 Å². The highest BCUT2D eigenvalue weighted by molar-refractivity contribution is 9.10. The average Bonchev–Trinajstić information content (AvgIpc) is 2.94. The Labute approximate surface area is 196 Å². The van der Waals surface area contributed by atoms with Gasteiger partial charge in [0.05, 0.1) is 25.6 Å². The highest BCUT2D eigenvalue weighted by Crippen LogP contribution is 2.38. The standard InChI is InChI=1S/C26H25BrN2O3/c1-4-29-22-16-24(32-3)23(31-2)15-20(22)25(18-8-6-5-7-9-18)28-21(26(29)30)14-17-10-12-19(27)13-11-17/h5-13,15-16,21H,4,14H2,1-3H3. The van der Waals surface area contributed by atoms with Gasteiger partial charge in [-0.05, 0) is 30.7 Å². The summed E-state index contributed by atoms with van der Waals surface area (Å²) in [6.07, 6.45) is 0.515. The smallest absolute Gasteiger partial charge is 0.252 e. The number of carbonyl (C=O) groups excluding carboxylic acids is 1. The van der Waals surface area contributed by atoms with Crippen molar-refractivity contribution in [1.82, 2.24) is 0 Å². The first-order valence-electron chi connectivity index (χ1n) is 10.5. The number of fused-ring (bicyclic) bond motifs is 1. The fourth-order valence-electron chi connectivity index (χ4n) is 3.99. The number of likely N-dealkylation sites (N-methyl/N-ethyl adjacent to an activating group) is 1. The van der Waals surface area contributed by atoms with Crippen molar-refractivity contribution in [2.75, 3.05) is 25.7 Å². The van der Waals surface area contributed by atoms with Gasteiger partial charge >= 0.3 is 0 Å². The summed E-state index contributed by atoms with van der Waals surface area (Å²) >= 11 is 3.48. The molecule has 0 fully saturated rings. The molecule has 3 aromatic rings. The molecule has 164 valence electrons. The molecule has 1 unspecified atom stereocenters. The van der Waals surface area contributed by atoms with E-state index in [4.69, 9.17) is 14.5 Å². The van der Waals surface area contributed by atoms with Crippen molar-refractivity contribution in [2.24, 2.45) is 4.99 Å². The number of ether oxygens (including phenoxy) is 2. The Balaban J connectivity index is 1.91. The Morgan fingerprint density at radius 3 is 2.25 bits per heavy atom. The second-order valence-corrected chi connectivity index (χ2v) is 8.41. The Morgan fingerprint density at radius 2 is 1.62 bits per heavy atom. The molecule has 0 saturated heterocycles. The predicted molar refractivity (Wildman–Crippen MR) is 131 cm³/mol. The fraction of sp³-hybridized carbons (Fsp3) is 0.231. The molecule has 0 spiro atoms. The highest BCUT2D eigenvalue weighted by atomic mass is 79.9. The first-order chi connectivity index (χ1) is 15.5. The van der Waals surface area contributed by atoms with Gasteiger partial charge in [-0.3, -0.25) is 9.79 Å². The number of benzene rings is 3. The molecule has 4 rings (SSSR count). The van der Waals surface area contributed by atoms with Crippen molar-refractivity contribution < 1.29 is 14.3 Å². The fourth-order valence-corrected chi connectivity index (χ4v) is 4.25. The van der Waals surface area contributed by atoms with Crippen molar-refractivity contribution in [3.05, 3.63) is 87.9 Å². The minimum atomic E-state index is -0.546. The Hall–Kier alpha value is -3.12. The number of carbonyl (C=O) groups is 1. The van der Waals surface area contributed by atoms with E-state index in [1.807, 2.05) is 73.7 Å². The van der Waals surface area contributed by atoms with E-state index in [0.717, 1.165) is 32.6 Å². The molecule has 1 amide bonds. The first-order valence-corrected chi connectivity index (χ1v) is 11.3. The van der Waals surface area contributed by atoms with Gasteiger partial charge in [0.15, 0.2) is 11.5 Å². The number of rotatable bonds is 6. The molecule has 1 aliphatic heterocycles. The molecule has 3 aromatic carbocycles. The van der Waals surface area contributed by atoms with Gasteiger partial charge in [-0.1, -0.05) is 58.4 Å².